The number of nitrogens with two attached hydrogens (primary N) is 1. The molecule has 1 aromatic rings. The Balaban J connectivity index is 3.06. The van der Waals surface area contributed by atoms with Crippen LogP contribution in [0.5, 0.6) is 0 Å². The molecular weight excluding hydrogens is 302 g/mol. The molecule has 0 spiro atoms. The number of halogens is 1. The van der Waals surface area contributed by atoms with Crippen LogP contribution < -0.4 is 11.1 Å². The van der Waals surface area contributed by atoms with Gasteiger partial charge in [0, 0.05) is 16.1 Å². The van der Waals surface area contributed by atoms with Crippen molar-refractivity contribution < 1.29 is 9.72 Å². The molecule has 7 heteroatoms. The molecule has 6 nitrogen and oxygen atoms in total. The van der Waals surface area contributed by atoms with Crippen molar-refractivity contribution in [1.29, 1.82) is 0 Å². The van der Waals surface area contributed by atoms with Crippen molar-refractivity contribution in [3.8, 4) is 0 Å². The van der Waals surface area contributed by atoms with Crippen molar-refractivity contribution in [3.05, 3.63) is 32.3 Å². The Kier molecular flexibility index (Phi) is 4.80. The van der Waals surface area contributed by atoms with E-state index in [0.717, 1.165) is 0 Å². The van der Waals surface area contributed by atoms with Crippen LogP contribution in [0.4, 0.5) is 11.4 Å². The van der Waals surface area contributed by atoms with E-state index in [1.54, 1.807) is 19.9 Å². The van der Waals surface area contributed by atoms with Crippen molar-refractivity contribution >= 4 is 33.2 Å². The zero-order chi connectivity index (χ0) is 13.9. The van der Waals surface area contributed by atoms with Crippen LogP contribution in [0.1, 0.15) is 18.9 Å². The van der Waals surface area contributed by atoms with Crippen molar-refractivity contribution in [2.45, 2.75) is 26.3 Å². The predicted octanol–water partition coefficient (Wildman–Crippen LogP) is 2.34. The minimum atomic E-state index is -0.628. The van der Waals surface area contributed by atoms with Crippen LogP contribution in [0.2, 0.25) is 0 Å². The van der Waals surface area contributed by atoms with E-state index in [0.29, 0.717) is 22.1 Å². The predicted molar refractivity (Wildman–Crippen MR) is 72.4 cm³/mol. The third kappa shape index (κ3) is 3.27. The summed E-state index contributed by atoms with van der Waals surface area (Å²) in [6.45, 7) is 3.42. The first-order valence-electron chi connectivity index (χ1n) is 5.37. The third-order valence-corrected chi connectivity index (χ3v) is 3.17. The van der Waals surface area contributed by atoms with Gasteiger partial charge >= 0.3 is 0 Å². The minimum absolute atomic E-state index is 0.0430. The molecule has 0 radical (unpaired) electrons. The number of nitro benzene ring substituents is 1. The molecule has 0 aromatic heterocycles. The second kappa shape index (κ2) is 5.92. The highest BCUT2D eigenvalue weighted by Gasteiger charge is 2.17. The molecule has 1 aromatic carbocycles. The SMILES string of the molecule is CCC(N)C(=O)Nc1cc([N+](=O)[O-])c(C)cc1Br. The number of aryl methyl sites for hydroxylation is 1. The second-order valence-electron chi connectivity index (χ2n) is 3.88. The molecule has 18 heavy (non-hydrogen) atoms. The van der Waals surface area contributed by atoms with Gasteiger partial charge in [0.15, 0.2) is 0 Å². The van der Waals surface area contributed by atoms with Crippen LogP contribution in [-0.2, 0) is 4.79 Å². The van der Waals surface area contributed by atoms with Crippen molar-refractivity contribution in [3.63, 3.8) is 0 Å². The summed E-state index contributed by atoms with van der Waals surface area (Å²) in [5.41, 5.74) is 6.40. The largest absolute Gasteiger partial charge is 0.323 e. The van der Waals surface area contributed by atoms with Gasteiger partial charge in [0.2, 0.25) is 5.91 Å². The van der Waals surface area contributed by atoms with Gasteiger partial charge in [-0.15, -0.1) is 0 Å². The average molecular weight is 316 g/mol. The summed E-state index contributed by atoms with van der Waals surface area (Å²) in [5.74, 6) is -0.364. The van der Waals surface area contributed by atoms with Gasteiger partial charge in [-0.1, -0.05) is 6.92 Å². The number of benzene rings is 1. The Morgan fingerprint density at radius 2 is 2.22 bits per heavy atom. The number of amides is 1. The van der Waals surface area contributed by atoms with E-state index in [9.17, 15) is 14.9 Å². The molecule has 1 amide bonds. The average Bonchev–Trinajstić information content (AvgIpc) is 2.30. The monoisotopic (exact) mass is 315 g/mol. The van der Waals surface area contributed by atoms with E-state index in [-0.39, 0.29) is 11.6 Å². The first-order valence-corrected chi connectivity index (χ1v) is 6.17. The zero-order valence-electron chi connectivity index (χ0n) is 10.1. The number of nitrogens with zero attached hydrogens (tertiary/aromatic N) is 1. The van der Waals surface area contributed by atoms with Crippen molar-refractivity contribution in [2.75, 3.05) is 5.32 Å². The quantitative estimate of drug-likeness (QED) is 0.658. The fourth-order valence-corrected chi connectivity index (χ4v) is 1.92. The molecule has 0 aliphatic heterocycles. The molecule has 0 saturated heterocycles. The van der Waals surface area contributed by atoms with Crippen LogP contribution in [0.25, 0.3) is 0 Å². The molecule has 0 bridgehead atoms. The van der Waals surface area contributed by atoms with Crippen LogP contribution >= 0.6 is 15.9 Å². The smallest absolute Gasteiger partial charge is 0.274 e. The zero-order valence-corrected chi connectivity index (χ0v) is 11.7. The van der Waals surface area contributed by atoms with E-state index < -0.39 is 11.0 Å². The standard InChI is InChI=1S/C11H14BrN3O3/c1-3-8(13)11(16)14-9-5-10(15(17)18)6(2)4-7(9)12/h4-5,8H,3,13H2,1-2H3,(H,14,16). The van der Waals surface area contributed by atoms with Crippen molar-refractivity contribution in [2.24, 2.45) is 5.73 Å². The first kappa shape index (κ1) is 14.6. The fourth-order valence-electron chi connectivity index (χ4n) is 1.36. The highest BCUT2D eigenvalue weighted by molar-refractivity contribution is 9.10. The van der Waals surface area contributed by atoms with Gasteiger partial charge < -0.3 is 11.1 Å². The molecule has 0 aliphatic carbocycles. The third-order valence-electron chi connectivity index (χ3n) is 2.52. The van der Waals surface area contributed by atoms with Crippen LogP contribution in [0.15, 0.2) is 16.6 Å². The lowest BCUT2D eigenvalue weighted by molar-refractivity contribution is -0.385. The van der Waals surface area contributed by atoms with E-state index in [4.69, 9.17) is 5.73 Å². The molecule has 1 unspecified atom stereocenters. The van der Waals surface area contributed by atoms with E-state index in [2.05, 4.69) is 21.2 Å². The summed E-state index contributed by atoms with van der Waals surface area (Å²) in [4.78, 5) is 22.0. The maximum atomic E-state index is 11.6. The highest BCUT2D eigenvalue weighted by atomic mass is 79.9. The summed E-state index contributed by atoms with van der Waals surface area (Å²) in [6, 6.07) is 2.28. The lowest BCUT2D eigenvalue weighted by atomic mass is 10.1. The summed E-state index contributed by atoms with van der Waals surface area (Å²) < 4.78 is 0.585. The Hall–Kier alpha value is -1.47. The number of hydrogen-bond acceptors (Lipinski definition) is 4. The number of nitrogens with one attached hydrogen (secondary N) is 1. The molecule has 0 saturated carbocycles. The highest BCUT2D eigenvalue weighted by Crippen LogP contribution is 2.30. The van der Waals surface area contributed by atoms with Crippen LogP contribution in [-0.4, -0.2) is 16.9 Å². The lowest BCUT2D eigenvalue weighted by Gasteiger charge is -2.12. The molecule has 98 valence electrons. The number of anilines is 1. The second-order valence-corrected chi connectivity index (χ2v) is 4.73. The lowest BCUT2D eigenvalue weighted by Crippen LogP contribution is -2.34. The van der Waals surface area contributed by atoms with Gasteiger partial charge in [-0.2, -0.15) is 0 Å². The first-order chi connectivity index (χ1) is 8.36. The molecule has 1 atom stereocenters. The van der Waals surface area contributed by atoms with Gasteiger partial charge in [-0.05, 0) is 35.3 Å². The molecule has 1 rings (SSSR count). The Labute approximate surface area is 113 Å². The Morgan fingerprint density at radius 1 is 1.61 bits per heavy atom. The molecule has 0 fully saturated rings. The van der Waals surface area contributed by atoms with Crippen LogP contribution in [0.3, 0.4) is 0 Å². The molecule has 0 heterocycles. The van der Waals surface area contributed by atoms with Gasteiger partial charge in [0.25, 0.3) is 5.69 Å². The van der Waals surface area contributed by atoms with E-state index >= 15 is 0 Å². The molecule has 0 aliphatic rings. The summed E-state index contributed by atoms with van der Waals surface area (Å²) in [7, 11) is 0. The summed E-state index contributed by atoms with van der Waals surface area (Å²) in [5, 5.41) is 13.4. The maximum Gasteiger partial charge on any atom is 0.274 e. The molecular formula is C11H14BrN3O3. The van der Waals surface area contributed by atoms with Gasteiger partial charge in [0.1, 0.15) is 0 Å². The fraction of sp³-hybridized carbons (Fsp3) is 0.364. The topological polar surface area (TPSA) is 98.3 Å². The maximum absolute atomic E-state index is 11.6. The number of carbonyl (C=O) groups is 1. The number of nitro groups is 1. The number of carbonyl (C=O) groups excluding carboxylic acids is 1. The molecule has 3 N–H and O–H groups in total. The number of rotatable bonds is 4. The Morgan fingerprint density at radius 3 is 2.72 bits per heavy atom. The summed E-state index contributed by atoms with van der Waals surface area (Å²) >= 11 is 3.25. The van der Waals surface area contributed by atoms with Gasteiger partial charge in [-0.25, -0.2) is 0 Å². The minimum Gasteiger partial charge on any atom is -0.323 e. The summed E-state index contributed by atoms with van der Waals surface area (Å²) in [6.07, 6.45) is 0.497. The normalized spacial score (nSPS) is 12.0. The van der Waals surface area contributed by atoms with E-state index in [1.807, 2.05) is 0 Å². The van der Waals surface area contributed by atoms with E-state index in [1.165, 1.54) is 6.07 Å². The van der Waals surface area contributed by atoms with Crippen LogP contribution in [0, 0.1) is 17.0 Å². The van der Waals surface area contributed by atoms with Crippen molar-refractivity contribution in [1.82, 2.24) is 0 Å². The number of hydrogen-bond donors (Lipinski definition) is 2. The van der Waals surface area contributed by atoms with Gasteiger partial charge in [-0.3, -0.25) is 14.9 Å². The Bertz CT molecular complexity index is 491. The van der Waals surface area contributed by atoms with Gasteiger partial charge in [0.05, 0.1) is 16.7 Å².